The predicted molar refractivity (Wildman–Crippen MR) is 72.1 cm³/mol. The zero-order chi connectivity index (χ0) is 12.3. The van der Waals surface area contributed by atoms with Crippen molar-refractivity contribution < 1.29 is 0 Å². The minimum atomic E-state index is 0.0718. The van der Waals surface area contributed by atoms with Gasteiger partial charge in [-0.3, -0.25) is 4.98 Å². The van der Waals surface area contributed by atoms with Crippen LogP contribution in [0.3, 0.4) is 0 Å². The Labute approximate surface area is 104 Å². The largest absolute Gasteiger partial charge is 0.370 e. The molecular weight excluding hydrogens is 210 g/mol. The van der Waals surface area contributed by atoms with Gasteiger partial charge in [-0.2, -0.15) is 0 Å². The van der Waals surface area contributed by atoms with Gasteiger partial charge in [-0.15, -0.1) is 0 Å². The first-order chi connectivity index (χ1) is 8.24. The molecule has 3 heteroatoms. The Kier molecular flexibility index (Phi) is 4.00. The Balaban J connectivity index is 2.04. The molecule has 0 aromatic carbocycles. The molecule has 1 saturated carbocycles. The van der Waals surface area contributed by atoms with Crippen molar-refractivity contribution in [1.82, 2.24) is 4.98 Å². The molecule has 1 aliphatic carbocycles. The van der Waals surface area contributed by atoms with Gasteiger partial charge < -0.3 is 10.6 Å². The molecule has 0 saturated heterocycles. The molecule has 0 amide bonds. The van der Waals surface area contributed by atoms with E-state index in [1.807, 2.05) is 6.20 Å². The van der Waals surface area contributed by atoms with Crippen molar-refractivity contribution >= 4 is 5.69 Å². The topological polar surface area (TPSA) is 42.1 Å². The molecule has 0 spiro atoms. The Morgan fingerprint density at radius 1 is 1.41 bits per heavy atom. The van der Waals surface area contributed by atoms with Gasteiger partial charge in [-0.05, 0) is 44.2 Å². The Bertz CT molecular complexity index is 343. The van der Waals surface area contributed by atoms with Gasteiger partial charge in [-0.1, -0.05) is 6.92 Å². The van der Waals surface area contributed by atoms with Crippen LogP contribution in [0.15, 0.2) is 18.3 Å². The summed E-state index contributed by atoms with van der Waals surface area (Å²) in [4.78, 5) is 6.89. The van der Waals surface area contributed by atoms with E-state index in [1.54, 1.807) is 0 Å². The number of hydrogen-bond donors (Lipinski definition) is 1. The second-order valence-corrected chi connectivity index (χ2v) is 4.94. The van der Waals surface area contributed by atoms with Crippen LogP contribution in [-0.2, 0) is 0 Å². The van der Waals surface area contributed by atoms with Gasteiger partial charge in [0.05, 0.1) is 17.6 Å². The van der Waals surface area contributed by atoms with Crippen molar-refractivity contribution in [3.63, 3.8) is 0 Å². The Morgan fingerprint density at radius 3 is 2.65 bits per heavy atom. The van der Waals surface area contributed by atoms with Gasteiger partial charge in [-0.25, -0.2) is 0 Å². The maximum atomic E-state index is 5.97. The third-order valence-corrected chi connectivity index (χ3v) is 3.51. The monoisotopic (exact) mass is 233 g/mol. The van der Waals surface area contributed by atoms with Gasteiger partial charge in [0.25, 0.3) is 0 Å². The second-order valence-electron chi connectivity index (χ2n) is 4.94. The summed E-state index contributed by atoms with van der Waals surface area (Å²) in [7, 11) is 0. The number of hydrogen-bond acceptors (Lipinski definition) is 3. The molecular formula is C14H23N3. The van der Waals surface area contributed by atoms with E-state index in [0.717, 1.165) is 24.6 Å². The lowest BCUT2D eigenvalue weighted by Gasteiger charge is -2.23. The van der Waals surface area contributed by atoms with Crippen LogP contribution < -0.4 is 10.6 Å². The number of aromatic nitrogens is 1. The first-order valence-electron chi connectivity index (χ1n) is 6.71. The van der Waals surface area contributed by atoms with Crippen molar-refractivity contribution in [3.8, 4) is 0 Å². The van der Waals surface area contributed by atoms with Crippen molar-refractivity contribution in [3.05, 3.63) is 24.0 Å². The fourth-order valence-corrected chi connectivity index (χ4v) is 2.04. The molecule has 3 nitrogen and oxygen atoms in total. The highest BCUT2D eigenvalue weighted by Crippen LogP contribution is 2.31. The molecule has 1 atom stereocenters. The minimum absolute atomic E-state index is 0.0718. The normalized spacial score (nSPS) is 16.9. The van der Waals surface area contributed by atoms with Crippen molar-refractivity contribution in [2.45, 2.75) is 39.2 Å². The number of rotatable bonds is 6. The lowest BCUT2D eigenvalue weighted by Crippen LogP contribution is -2.25. The van der Waals surface area contributed by atoms with Gasteiger partial charge in [0.15, 0.2) is 0 Å². The number of nitrogens with two attached hydrogens (primary N) is 1. The standard InChI is InChI=1S/C14H23N3/c1-3-13(15)14-8-7-12(9-16-14)17(4-2)10-11-5-6-11/h7-9,11,13H,3-6,10,15H2,1-2H3/t13-/m1/s1. The van der Waals surface area contributed by atoms with Crippen molar-refractivity contribution in [1.29, 1.82) is 0 Å². The number of nitrogens with zero attached hydrogens (tertiary/aromatic N) is 2. The third-order valence-electron chi connectivity index (χ3n) is 3.51. The molecule has 94 valence electrons. The Hall–Kier alpha value is -1.09. The van der Waals surface area contributed by atoms with Crippen LogP contribution in [0.4, 0.5) is 5.69 Å². The second kappa shape index (κ2) is 5.50. The minimum Gasteiger partial charge on any atom is -0.370 e. The van der Waals surface area contributed by atoms with E-state index in [9.17, 15) is 0 Å². The van der Waals surface area contributed by atoms with E-state index in [1.165, 1.54) is 25.1 Å². The molecule has 1 aromatic rings. The Morgan fingerprint density at radius 2 is 2.18 bits per heavy atom. The molecule has 0 radical (unpaired) electrons. The molecule has 0 unspecified atom stereocenters. The van der Waals surface area contributed by atoms with Gasteiger partial charge >= 0.3 is 0 Å². The first kappa shape index (κ1) is 12.4. The number of pyridine rings is 1. The van der Waals surface area contributed by atoms with E-state index in [2.05, 4.69) is 35.9 Å². The number of anilines is 1. The van der Waals surface area contributed by atoms with Gasteiger partial charge in [0.2, 0.25) is 0 Å². The molecule has 1 heterocycles. The molecule has 1 fully saturated rings. The summed E-state index contributed by atoms with van der Waals surface area (Å²) in [5.41, 5.74) is 8.19. The smallest absolute Gasteiger partial charge is 0.0572 e. The van der Waals surface area contributed by atoms with E-state index < -0.39 is 0 Å². The SMILES string of the molecule is CC[C@@H](N)c1ccc(N(CC)CC2CC2)cn1. The molecule has 2 N–H and O–H groups in total. The van der Waals surface area contributed by atoms with Crippen LogP contribution in [0.1, 0.15) is 44.8 Å². The zero-order valence-electron chi connectivity index (χ0n) is 10.9. The highest BCUT2D eigenvalue weighted by molar-refractivity contribution is 5.44. The summed E-state index contributed by atoms with van der Waals surface area (Å²) in [6.07, 6.45) is 5.69. The molecule has 1 aliphatic rings. The van der Waals surface area contributed by atoms with Crippen molar-refractivity contribution in [2.75, 3.05) is 18.0 Å². The molecule has 2 rings (SSSR count). The lowest BCUT2D eigenvalue weighted by atomic mass is 10.1. The van der Waals surface area contributed by atoms with E-state index in [0.29, 0.717) is 0 Å². The lowest BCUT2D eigenvalue weighted by molar-refractivity contribution is 0.673. The van der Waals surface area contributed by atoms with E-state index >= 15 is 0 Å². The van der Waals surface area contributed by atoms with Crippen LogP contribution in [-0.4, -0.2) is 18.1 Å². The quantitative estimate of drug-likeness (QED) is 0.821. The predicted octanol–water partition coefficient (Wildman–Crippen LogP) is 2.73. The summed E-state index contributed by atoms with van der Waals surface area (Å²) < 4.78 is 0. The van der Waals surface area contributed by atoms with E-state index in [-0.39, 0.29) is 6.04 Å². The zero-order valence-corrected chi connectivity index (χ0v) is 10.9. The van der Waals surface area contributed by atoms with Crippen LogP contribution in [0.25, 0.3) is 0 Å². The third kappa shape index (κ3) is 3.19. The van der Waals surface area contributed by atoms with Crippen LogP contribution in [0.5, 0.6) is 0 Å². The van der Waals surface area contributed by atoms with E-state index in [4.69, 9.17) is 5.73 Å². The average molecular weight is 233 g/mol. The summed E-state index contributed by atoms with van der Waals surface area (Å²) in [5, 5.41) is 0. The van der Waals surface area contributed by atoms with Crippen LogP contribution >= 0.6 is 0 Å². The molecule has 1 aromatic heterocycles. The summed E-state index contributed by atoms with van der Waals surface area (Å²) in [6.45, 7) is 6.52. The average Bonchev–Trinajstić information content (AvgIpc) is 3.19. The maximum absolute atomic E-state index is 5.97. The summed E-state index contributed by atoms with van der Waals surface area (Å²) >= 11 is 0. The van der Waals surface area contributed by atoms with Crippen molar-refractivity contribution in [2.24, 2.45) is 11.7 Å². The summed E-state index contributed by atoms with van der Waals surface area (Å²) in [6, 6.07) is 4.30. The fourth-order valence-electron chi connectivity index (χ4n) is 2.04. The van der Waals surface area contributed by atoms with Crippen LogP contribution in [0, 0.1) is 5.92 Å². The summed E-state index contributed by atoms with van der Waals surface area (Å²) in [5.74, 6) is 0.910. The van der Waals surface area contributed by atoms with Crippen LogP contribution in [0.2, 0.25) is 0 Å². The maximum Gasteiger partial charge on any atom is 0.0572 e. The highest BCUT2D eigenvalue weighted by Gasteiger charge is 2.24. The molecule has 17 heavy (non-hydrogen) atoms. The fraction of sp³-hybridized carbons (Fsp3) is 0.643. The molecule has 0 aliphatic heterocycles. The first-order valence-corrected chi connectivity index (χ1v) is 6.71. The highest BCUT2D eigenvalue weighted by atomic mass is 15.1. The van der Waals surface area contributed by atoms with Gasteiger partial charge in [0, 0.05) is 19.1 Å². The molecule has 0 bridgehead atoms. The van der Waals surface area contributed by atoms with Gasteiger partial charge in [0.1, 0.15) is 0 Å².